The standard InChI is InChI=1S/C14H18N2O2/c1-2-12-13(15-9-18-12)14(17)16-7-10-5-3-4-6-11(10)8-16/h3-4,9-11H,2,5-8H2,1H3/t10-,11+. The molecule has 0 spiro atoms. The summed E-state index contributed by atoms with van der Waals surface area (Å²) in [5, 5.41) is 0. The molecule has 1 aliphatic heterocycles. The van der Waals surface area contributed by atoms with E-state index in [0.717, 1.165) is 25.9 Å². The topological polar surface area (TPSA) is 46.3 Å². The van der Waals surface area contributed by atoms with Crippen molar-refractivity contribution >= 4 is 5.91 Å². The van der Waals surface area contributed by atoms with Gasteiger partial charge in [0.2, 0.25) is 0 Å². The van der Waals surface area contributed by atoms with Crippen molar-refractivity contribution in [2.24, 2.45) is 11.8 Å². The van der Waals surface area contributed by atoms with E-state index in [1.165, 1.54) is 6.39 Å². The highest BCUT2D eigenvalue weighted by Crippen LogP contribution is 2.33. The Balaban J connectivity index is 1.75. The lowest BCUT2D eigenvalue weighted by atomic mass is 9.86. The van der Waals surface area contributed by atoms with Crippen molar-refractivity contribution in [3.63, 3.8) is 0 Å². The summed E-state index contributed by atoms with van der Waals surface area (Å²) in [6.45, 7) is 3.71. The van der Waals surface area contributed by atoms with Gasteiger partial charge in [-0.3, -0.25) is 4.79 Å². The van der Waals surface area contributed by atoms with Crippen LogP contribution in [0.3, 0.4) is 0 Å². The van der Waals surface area contributed by atoms with E-state index in [1.54, 1.807) is 0 Å². The molecule has 1 amide bonds. The van der Waals surface area contributed by atoms with Crippen molar-refractivity contribution in [3.8, 4) is 0 Å². The summed E-state index contributed by atoms with van der Waals surface area (Å²) >= 11 is 0. The quantitative estimate of drug-likeness (QED) is 0.752. The molecule has 0 aromatic carbocycles. The lowest BCUT2D eigenvalue weighted by Crippen LogP contribution is -2.30. The van der Waals surface area contributed by atoms with Crippen LogP contribution in [0.5, 0.6) is 0 Å². The number of amides is 1. The van der Waals surface area contributed by atoms with Gasteiger partial charge in [0.05, 0.1) is 0 Å². The van der Waals surface area contributed by atoms with Gasteiger partial charge in [-0.2, -0.15) is 0 Å². The van der Waals surface area contributed by atoms with Crippen molar-refractivity contribution in [3.05, 3.63) is 30.0 Å². The van der Waals surface area contributed by atoms with E-state index >= 15 is 0 Å². The largest absolute Gasteiger partial charge is 0.448 e. The first kappa shape index (κ1) is 11.5. The maximum Gasteiger partial charge on any atom is 0.276 e. The molecular weight excluding hydrogens is 228 g/mol. The fraction of sp³-hybridized carbons (Fsp3) is 0.571. The minimum Gasteiger partial charge on any atom is -0.448 e. The van der Waals surface area contributed by atoms with Gasteiger partial charge < -0.3 is 9.32 Å². The predicted octanol–water partition coefficient (Wildman–Crippen LogP) is 2.28. The summed E-state index contributed by atoms with van der Waals surface area (Å²) in [5.41, 5.74) is 0.504. The summed E-state index contributed by atoms with van der Waals surface area (Å²) in [4.78, 5) is 18.4. The smallest absolute Gasteiger partial charge is 0.276 e. The molecule has 2 aliphatic rings. The molecule has 1 fully saturated rings. The van der Waals surface area contributed by atoms with E-state index in [9.17, 15) is 4.79 Å². The van der Waals surface area contributed by atoms with Crippen LogP contribution >= 0.6 is 0 Å². The molecule has 96 valence electrons. The van der Waals surface area contributed by atoms with Gasteiger partial charge in [-0.15, -0.1) is 0 Å². The van der Waals surface area contributed by atoms with Crippen molar-refractivity contribution in [2.75, 3.05) is 13.1 Å². The number of aryl methyl sites for hydroxylation is 1. The van der Waals surface area contributed by atoms with E-state index in [0.29, 0.717) is 29.7 Å². The van der Waals surface area contributed by atoms with Crippen molar-refractivity contribution in [2.45, 2.75) is 26.2 Å². The molecule has 4 heteroatoms. The number of nitrogens with zero attached hydrogens (tertiary/aromatic N) is 2. The van der Waals surface area contributed by atoms with Crippen LogP contribution < -0.4 is 0 Å². The average molecular weight is 246 g/mol. The van der Waals surface area contributed by atoms with E-state index < -0.39 is 0 Å². The number of likely N-dealkylation sites (tertiary alicyclic amines) is 1. The summed E-state index contributed by atoms with van der Waals surface area (Å²) in [6.07, 6.45) is 8.77. The molecule has 0 unspecified atom stereocenters. The maximum absolute atomic E-state index is 12.4. The normalized spacial score (nSPS) is 26.4. The van der Waals surface area contributed by atoms with Crippen molar-refractivity contribution < 1.29 is 9.21 Å². The summed E-state index contributed by atoms with van der Waals surface area (Å²) < 4.78 is 5.24. The number of carbonyl (C=O) groups excluding carboxylic acids is 1. The van der Waals surface area contributed by atoms with Crippen LogP contribution in [-0.2, 0) is 6.42 Å². The maximum atomic E-state index is 12.4. The Hall–Kier alpha value is -1.58. The van der Waals surface area contributed by atoms with Gasteiger partial charge in [0.1, 0.15) is 5.76 Å². The molecule has 3 rings (SSSR count). The zero-order chi connectivity index (χ0) is 12.5. The number of oxazole rings is 1. The number of fused-ring (bicyclic) bond motifs is 1. The zero-order valence-electron chi connectivity index (χ0n) is 10.6. The van der Waals surface area contributed by atoms with Gasteiger partial charge in [0.25, 0.3) is 5.91 Å². The lowest BCUT2D eigenvalue weighted by molar-refractivity contribution is 0.0777. The Morgan fingerprint density at radius 3 is 2.67 bits per heavy atom. The second kappa shape index (κ2) is 4.59. The van der Waals surface area contributed by atoms with E-state index in [-0.39, 0.29) is 5.91 Å². The molecule has 1 aliphatic carbocycles. The van der Waals surface area contributed by atoms with E-state index in [1.807, 2.05) is 11.8 Å². The van der Waals surface area contributed by atoms with Crippen LogP contribution in [0.2, 0.25) is 0 Å². The number of hydrogen-bond donors (Lipinski definition) is 0. The van der Waals surface area contributed by atoms with Gasteiger partial charge >= 0.3 is 0 Å². The van der Waals surface area contributed by atoms with Gasteiger partial charge in [0.15, 0.2) is 12.1 Å². The Labute approximate surface area is 107 Å². The first-order valence-electron chi connectivity index (χ1n) is 6.66. The van der Waals surface area contributed by atoms with Crippen LogP contribution in [0.1, 0.15) is 36.0 Å². The van der Waals surface area contributed by atoms with Crippen LogP contribution in [0.4, 0.5) is 0 Å². The fourth-order valence-corrected chi connectivity index (χ4v) is 3.03. The molecule has 18 heavy (non-hydrogen) atoms. The Morgan fingerprint density at radius 2 is 2.06 bits per heavy atom. The van der Waals surface area contributed by atoms with Crippen LogP contribution in [0.25, 0.3) is 0 Å². The third-order valence-electron chi connectivity index (χ3n) is 4.07. The van der Waals surface area contributed by atoms with Crippen molar-refractivity contribution in [1.82, 2.24) is 9.88 Å². The third-order valence-corrected chi connectivity index (χ3v) is 4.07. The monoisotopic (exact) mass is 246 g/mol. The molecule has 0 radical (unpaired) electrons. The van der Waals surface area contributed by atoms with Gasteiger partial charge in [-0.05, 0) is 24.7 Å². The number of aromatic nitrogens is 1. The number of rotatable bonds is 2. The minimum atomic E-state index is 0.0370. The van der Waals surface area contributed by atoms with Gasteiger partial charge in [0, 0.05) is 19.5 Å². The molecule has 2 heterocycles. The molecule has 0 saturated carbocycles. The second-order valence-corrected chi connectivity index (χ2v) is 5.15. The summed E-state index contributed by atoms with van der Waals surface area (Å²) in [5.74, 6) is 2.01. The highest BCUT2D eigenvalue weighted by Gasteiger charge is 2.36. The van der Waals surface area contributed by atoms with Crippen LogP contribution in [0, 0.1) is 11.8 Å². The molecule has 0 bridgehead atoms. The Morgan fingerprint density at radius 1 is 1.39 bits per heavy atom. The molecular formula is C14H18N2O2. The first-order chi connectivity index (χ1) is 8.79. The highest BCUT2D eigenvalue weighted by atomic mass is 16.3. The molecule has 4 nitrogen and oxygen atoms in total. The van der Waals surface area contributed by atoms with Gasteiger partial charge in [-0.1, -0.05) is 19.1 Å². The molecule has 0 N–H and O–H groups in total. The zero-order valence-corrected chi connectivity index (χ0v) is 10.6. The van der Waals surface area contributed by atoms with Crippen molar-refractivity contribution in [1.29, 1.82) is 0 Å². The average Bonchev–Trinajstić information content (AvgIpc) is 3.03. The number of hydrogen-bond acceptors (Lipinski definition) is 3. The first-order valence-corrected chi connectivity index (χ1v) is 6.66. The number of carbonyl (C=O) groups is 1. The third kappa shape index (κ3) is 1.85. The highest BCUT2D eigenvalue weighted by molar-refractivity contribution is 5.93. The van der Waals surface area contributed by atoms with E-state index in [2.05, 4.69) is 17.1 Å². The molecule has 1 aromatic heterocycles. The SMILES string of the molecule is CCc1ocnc1C(=O)N1C[C@H]2CC=CC[C@H]2C1. The predicted molar refractivity (Wildman–Crippen MR) is 67.1 cm³/mol. The second-order valence-electron chi connectivity index (χ2n) is 5.15. The van der Waals surface area contributed by atoms with Crippen LogP contribution in [-0.4, -0.2) is 28.9 Å². The molecule has 1 aromatic rings. The Bertz CT molecular complexity index is 462. The Kier molecular flexibility index (Phi) is 2.94. The lowest BCUT2D eigenvalue weighted by Gasteiger charge is -2.17. The van der Waals surface area contributed by atoms with Gasteiger partial charge in [-0.25, -0.2) is 4.98 Å². The van der Waals surface area contributed by atoms with Crippen LogP contribution in [0.15, 0.2) is 23.0 Å². The van der Waals surface area contributed by atoms with E-state index in [4.69, 9.17) is 4.42 Å². The molecule has 1 saturated heterocycles. The summed E-state index contributed by atoms with van der Waals surface area (Å²) in [6, 6.07) is 0. The fourth-order valence-electron chi connectivity index (χ4n) is 3.03. The molecule has 2 atom stereocenters. The minimum absolute atomic E-state index is 0.0370. The number of allylic oxidation sites excluding steroid dienone is 2. The summed E-state index contributed by atoms with van der Waals surface area (Å²) in [7, 11) is 0.